The minimum absolute atomic E-state index is 0. The number of carbonyl (C=O) groups excluding carboxylic acids is 1. The molecule has 0 aliphatic rings. The van der Waals surface area contributed by atoms with Gasteiger partial charge in [0.15, 0.2) is 0 Å². The Labute approximate surface area is 169 Å². The summed E-state index contributed by atoms with van der Waals surface area (Å²) in [6, 6.07) is 9.35. The largest absolute Gasteiger partial charge is 1.00 e. The number of rotatable bonds is 5. The molecule has 3 N–H and O–H groups in total. The van der Waals surface area contributed by atoms with Crippen LogP contribution in [-0.4, -0.2) is 22.6 Å². The molecule has 0 fully saturated rings. The van der Waals surface area contributed by atoms with Gasteiger partial charge in [0, 0.05) is 6.54 Å². The molecule has 1 rings (SSSR count). The van der Waals surface area contributed by atoms with Gasteiger partial charge >= 0.3 is 75.0 Å². The number of carbonyl (C=O) groups is 1. The number of nitrogens with two attached hydrogens (primary N) is 1. The molecule has 1 aromatic rings. The molecule has 0 saturated carbocycles. The first-order valence-corrected chi connectivity index (χ1v) is 6.14. The van der Waals surface area contributed by atoms with Crippen LogP contribution in [0.1, 0.15) is 5.56 Å². The number of hydrogen-bond acceptors (Lipinski definition) is 3. The number of amides is 1. The minimum atomic E-state index is -1.39. The molecule has 0 bridgehead atoms. The summed E-state index contributed by atoms with van der Waals surface area (Å²) in [6.07, 6.45) is -0.533. The van der Waals surface area contributed by atoms with Crippen molar-refractivity contribution in [3.05, 3.63) is 43.3 Å². The zero-order valence-corrected chi connectivity index (χ0v) is 17.8. The van der Waals surface area contributed by atoms with E-state index in [0.717, 1.165) is 5.56 Å². The van der Waals surface area contributed by atoms with Gasteiger partial charge in [-0.15, -0.1) is 0 Å². The summed E-state index contributed by atoms with van der Waals surface area (Å²) in [6.45, 7) is 0.467. The molecule has 18 heavy (non-hydrogen) atoms. The van der Waals surface area contributed by atoms with Gasteiger partial charge < -0.3 is 17.5 Å². The Bertz CT molecular complexity index is 363. The van der Waals surface area contributed by atoms with E-state index in [9.17, 15) is 9.00 Å². The first kappa shape index (κ1) is 21.0. The van der Waals surface area contributed by atoms with Gasteiger partial charge in [0.05, 0.1) is 16.7 Å². The van der Waals surface area contributed by atoms with Crippen molar-refractivity contribution in [1.82, 2.24) is 5.32 Å². The van der Waals surface area contributed by atoms with Crippen LogP contribution in [0.3, 0.4) is 0 Å². The van der Waals surface area contributed by atoms with Gasteiger partial charge in [0.1, 0.15) is 6.61 Å². The van der Waals surface area contributed by atoms with Gasteiger partial charge in [0.25, 0.3) is 0 Å². The van der Waals surface area contributed by atoms with Crippen molar-refractivity contribution in [3.63, 3.8) is 0 Å². The molecule has 96 valence electrons. The molecule has 1 atom stereocenters. The van der Waals surface area contributed by atoms with Crippen molar-refractivity contribution >= 4 is 17.1 Å². The van der Waals surface area contributed by atoms with E-state index >= 15 is 0 Å². The second-order valence-electron chi connectivity index (χ2n) is 3.07. The number of alkyl carbamates (subject to hydrolysis) is 1. The zero-order chi connectivity index (χ0) is 11.8. The third kappa shape index (κ3) is 10.6. The fourth-order valence-electron chi connectivity index (χ4n) is 1.03. The van der Waals surface area contributed by atoms with E-state index in [2.05, 4.69) is 5.32 Å². The Balaban J connectivity index is 0. The summed E-state index contributed by atoms with van der Waals surface area (Å²) >= 11 is 0. The van der Waals surface area contributed by atoms with Crippen LogP contribution in [-0.2, 0) is 22.3 Å². The molecule has 0 heterocycles. The molecule has 1 unspecified atom stereocenters. The summed E-state index contributed by atoms with van der Waals surface area (Å²) in [5.41, 5.74) is 0.917. The van der Waals surface area contributed by atoms with Crippen LogP contribution in [0.5, 0.6) is 0 Å². The quantitative estimate of drug-likeness (QED) is 0.571. The molecule has 0 aromatic heterocycles. The van der Waals surface area contributed by atoms with E-state index in [-0.39, 0.29) is 95.2 Å². The van der Waals surface area contributed by atoms with Crippen LogP contribution in [0.15, 0.2) is 30.3 Å². The molecule has 0 radical (unpaired) electrons. The van der Waals surface area contributed by atoms with Gasteiger partial charge in [-0.2, -0.15) is 0 Å². The monoisotopic (exact) mass is 390 g/mol. The fourth-order valence-corrected chi connectivity index (χ4v) is 1.33. The molecule has 0 saturated heterocycles. The Morgan fingerprint density at radius 3 is 2.50 bits per heavy atom. The average Bonchev–Trinajstić information content (AvgIpc) is 2.27. The third-order valence-electron chi connectivity index (χ3n) is 1.79. The average molecular weight is 390 g/mol. The number of ether oxygens (including phenoxy) is 1. The zero-order valence-electron chi connectivity index (χ0n) is 10.7. The van der Waals surface area contributed by atoms with Gasteiger partial charge in [-0.1, -0.05) is 30.3 Å². The third-order valence-corrected chi connectivity index (χ3v) is 2.39. The van der Waals surface area contributed by atoms with Crippen molar-refractivity contribution in [2.45, 2.75) is 6.61 Å². The summed E-state index contributed by atoms with van der Waals surface area (Å²) < 4.78 is 15.4. The van der Waals surface area contributed by atoms with E-state index in [1.54, 1.807) is 0 Å². The van der Waals surface area contributed by atoms with E-state index in [1.807, 2.05) is 30.3 Å². The summed E-state index contributed by atoms with van der Waals surface area (Å²) in [7, 11) is -1.39. The SMILES string of the molecule is NS(=O)CCNC(=O)OCc1ccccc1.[CH3-].[Cs+]. The second-order valence-corrected chi connectivity index (χ2v) is 4.24. The molecular weight excluding hydrogens is 373 g/mol. The predicted molar refractivity (Wildman–Crippen MR) is 68.2 cm³/mol. The van der Waals surface area contributed by atoms with Crippen LogP contribution < -0.4 is 79.3 Å². The maximum absolute atomic E-state index is 11.1. The molecule has 1 aromatic carbocycles. The predicted octanol–water partition coefficient (Wildman–Crippen LogP) is -2.01. The van der Waals surface area contributed by atoms with Crippen LogP contribution in [0.2, 0.25) is 0 Å². The molecule has 0 spiro atoms. The molecule has 0 aliphatic heterocycles. The fraction of sp³-hybridized carbons (Fsp3) is 0.273. The van der Waals surface area contributed by atoms with Crippen molar-refractivity contribution < 1.29 is 82.6 Å². The maximum atomic E-state index is 11.1. The topological polar surface area (TPSA) is 81.4 Å². The van der Waals surface area contributed by atoms with Crippen LogP contribution >= 0.6 is 0 Å². The van der Waals surface area contributed by atoms with E-state index in [4.69, 9.17) is 9.88 Å². The summed E-state index contributed by atoms with van der Waals surface area (Å²) in [5, 5.41) is 7.47. The molecule has 1 amide bonds. The molecule has 0 aliphatic carbocycles. The van der Waals surface area contributed by atoms with Crippen LogP contribution in [0.25, 0.3) is 0 Å². The number of benzene rings is 1. The normalized spacial score (nSPS) is 10.5. The smallest absolute Gasteiger partial charge is 0.445 e. The molecular formula is C11H17CsN2O3S. The number of nitrogens with one attached hydrogen (secondary N) is 1. The van der Waals surface area contributed by atoms with Crippen molar-refractivity contribution in [3.8, 4) is 0 Å². The van der Waals surface area contributed by atoms with E-state index < -0.39 is 17.1 Å². The Kier molecular flexibility index (Phi) is 14.8. The van der Waals surface area contributed by atoms with Gasteiger partial charge in [-0.25, -0.2) is 9.00 Å². The molecule has 7 heteroatoms. The summed E-state index contributed by atoms with van der Waals surface area (Å²) in [5.74, 6) is 0.223. The van der Waals surface area contributed by atoms with Crippen molar-refractivity contribution in [2.75, 3.05) is 12.3 Å². The Morgan fingerprint density at radius 2 is 1.94 bits per heavy atom. The van der Waals surface area contributed by atoms with Crippen LogP contribution in [0, 0.1) is 7.43 Å². The van der Waals surface area contributed by atoms with Crippen LogP contribution in [0.4, 0.5) is 4.79 Å². The minimum Gasteiger partial charge on any atom is -0.445 e. The summed E-state index contributed by atoms with van der Waals surface area (Å²) in [4.78, 5) is 11.1. The first-order valence-electron chi connectivity index (χ1n) is 4.76. The number of hydrogen-bond donors (Lipinski definition) is 2. The van der Waals surface area contributed by atoms with Crippen molar-refractivity contribution in [1.29, 1.82) is 0 Å². The Morgan fingerprint density at radius 1 is 1.33 bits per heavy atom. The standard InChI is InChI=1S/C10H14N2O3S.CH3.Cs/c11-16(14)7-6-12-10(13)15-8-9-4-2-1-3-5-9;;/h1-5H,6-8,11H2,(H,12,13);1H3;/q;-1;+1. The van der Waals surface area contributed by atoms with Gasteiger partial charge in [-0.3, -0.25) is 5.14 Å². The first-order chi connectivity index (χ1) is 7.68. The maximum Gasteiger partial charge on any atom is 1.00 e. The Hall–Kier alpha value is 0.652. The van der Waals surface area contributed by atoms with E-state index in [0.29, 0.717) is 0 Å². The van der Waals surface area contributed by atoms with Gasteiger partial charge in [0.2, 0.25) is 0 Å². The molecule has 5 nitrogen and oxygen atoms in total. The van der Waals surface area contributed by atoms with Crippen molar-refractivity contribution in [2.24, 2.45) is 5.14 Å². The second kappa shape index (κ2) is 12.7. The van der Waals surface area contributed by atoms with E-state index in [1.165, 1.54) is 0 Å². The van der Waals surface area contributed by atoms with Gasteiger partial charge in [-0.05, 0) is 5.56 Å².